The van der Waals surface area contributed by atoms with Crippen LogP contribution in [-0.2, 0) is 0 Å². The van der Waals surface area contributed by atoms with Gasteiger partial charge in [-0.25, -0.2) is 0 Å². The van der Waals surface area contributed by atoms with Crippen molar-refractivity contribution >= 4 is 34.5 Å². The van der Waals surface area contributed by atoms with Crippen LogP contribution in [0.3, 0.4) is 0 Å². The molecular weight excluding hydrogens is 393 g/mol. The van der Waals surface area contributed by atoms with Crippen LogP contribution < -0.4 is 9.47 Å². The van der Waals surface area contributed by atoms with Crippen molar-refractivity contribution in [3.8, 4) is 17.2 Å². The van der Waals surface area contributed by atoms with Crippen LogP contribution in [0.4, 0.5) is 5.69 Å². The number of nitrogens with zero attached hydrogens (tertiary/aromatic N) is 1. The van der Waals surface area contributed by atoms with Gasteiger partial charge in [0, 0.05) is 6.21 Å². The van der Waals surface area contributed by atoms with Crippen molar-refractivity contribution in [3.05, 3.63) is 45.5 Å². The van der Waals surface area contributed by atoms with E-state index in [0.717, 1.165) is 20.6 Å². The van der Waals surface area contributed by atoms with Gasteiger partial charge in [0.25, 0.3) is 0 Å². The second kappa shape index (κ2) is 7.49. The summed E-state index contributed by atoms with van der Waals surface area (Å²) >= 11 is 2.23. The molecule has 0 spiro atoms. The van der Waals surface area contributed by atoms with E-state index in [0.29, 0.717) is 5.75 Å². The molecule has 22 heavy (non-hydrogen) atoms. The average Bonchev–Trinajstić information content (AvgIpc) is 2.48. The molecule has 0 radical (unpaired) electrons. The number of phenols is 1. The van der Waals surface area contributed by atoms with E-state index in [1.54, 1.807) is 37.6 Å². The first-order chi connectivity index (χ1) is 10.5. The Hall–Kier alpha value is -1.76. The molecule has 0 aromatic heterocycles. The highest BCUT2D eigenvalue weighted by molar-refractivity contribution is 14.1. The Balaban J connectivity index is 2.28. The molecule has 2 aromatic carbocycles. The Kier molecular flexibility index (Phi) is 5.65. The summed E-state index contributed by atoms with van der Waals surface area (Å²) in [6.07, 6.45) is 1.84. The Morgan fingerprint density at radius 2 is 1.86 bits per heavy atom. The molecule has 0 amide bonds. The third-order valence-corrected chi connectivity index (χ3v) is 3.62. The second-order valence-corrected chi connectivity index (χ2v) is 6.14. The third kappa shape index (κ3) is 4.37. The van der Waals surface area contributed by atoms with Crippen LogP contribution in [0.15, 0.2) is 41.4 Å². The van der Waals surface area contributed by atoms with Crippen molar-refractivity contribution < 1.29 is 14.6 Å². The molecule has 1 N–H and O–H groups in total. The first-order valence-corrected chi connectivity index (χ1v) is 7.94. The molecule has 4 nitrogen and oxygen atoms in total. The molecule has 0 aliphatic heterocycles. The fourth-order valence-corrected chi connectivity index (χ4v) is 2.60. The summed E-state index contributed by atoms with van der Waals surface area (Å²) in [4.78, 5) is 4.39. The van der Waals surface area contributed by atoms with E-state index in [1.807, 2.05) is 26.0 Å². The summed E-state index contributed by atoms with van der Waals surface area (Å²) in [6.45, 7) is 3.96. The number of aromatic hydroxyl groups is 1. The zero-order valence-corrected chi connectivity index (χ0v) is 14.9. The molecule has 2 aromatic rings. The van der Waals surface area contributed by atoms with Gasteiger partial charge >= 0.3 is 0 Å². The van der Waals surface area contributed by atoms with Crippen LogP contribution >= 0.6 is 22.6 Å². The standard InChI is InChI=1S/C17H18INO3/c1-11(2)22-17-15(18)8-12(9-16(17)21-3)10-19-13-4-6-14(20)7-5-13/h4-11,20H,1-3H3. The molecule has 0 saturated carbocycles. The summed E-state index contributed by atoms with van der Waals surface area (Å²) in [5.74, 6) is 1.66. The van der Waals surface area contributed by atoms with Gasteiger partial charge in [0.1, 0.15) is 5.75 Å². The van der Waals surface area contributed by atoms with Gasteiger partial charge in [0.15, 0.2) is 11.5 Å². The Labute approximate surface area is 143 Å². The van der Waals surface area contributed by atoms with E-state index < -0.39 is 0 Å². The Morgan fingerprint density at radius 3 is 2.45 bits per heavy atom. The summed E-state index contributed by atoms with van der Waals surface area (Å²) in [5.41, 5.74) is 1.69. The van der Waals surface area contributed by atoms with Crippen LogP contribution in [0.25, 0.3) is 0 Å². The van der Waals surface area contributed by atoms with Crippen LogP contribution in [0.5, 0.6) is 17.2 Å². The Morgan fingerprint density at radius 1 is 1.18 bits per heavy atom. The zero-order valence-electron chi connectivity index (χ0n) is 12.7. The number of hydrogen-bond acceptors (Lipinski definition) is 4. The predicted molar refractivity (Wildman–Crippen MR) is 96.8 cm³/mol. The van der Waals surface area contributed by atoms with Crippen LogP contribution in [-0.4, -0.2) is 24.5 Å². The normalized spacial score (nSPS) is 11.1. The minimum Gasteiger partial charge on any atom is -0.508 e. The summed E-state index contributed by atoms with van der Waals surface area (Å²) in [6, 6.07) is 10.6. The van der Waals surface area contributed by atoms with E-state index in [-0.39, 0.29) is 11.9 Å². The molecule has 0 aliphatic rings. The fraction of sp³-hybridized carbons (Fsp3) is 0.235. The van der Waals surface area contributed by atoms with Crippen molar-refractivity contribution in [2.75, 3.05) is 7.11 Å². The molecule has 0 bridgehead atoms. The molecule has 116 valence electrons. The highest BCUT2D eigenvalue weighted by atomic mass is 127. The van der Waals surface area contributed by atoms with E-state index in [4.69, 9.17) is 9.47 Å². The molecule has 0 saturated heterocycles. The molecule has 0 fully saturated rings. The maximum atomic E-state index is 9.27. The number of phenolic OH excluding ortho intramolecular Hbond substituents is 1. The monoisotopic (exact) mass is 411 g/mol. The minimum absolute atomic E-state index is 0.0823. The lowest BCUT2D eigenvalue weighted by molar-refractivity contribution is 0.228. The number of methoxy groups -OCH3 is 1. The number of rotatable bonds is 5. The number of hydrogen-bond donors (Lipinski definition) is 1. The highest BCUT2D eigenvalue weighted by Gasteiger charge is 2.12. The summed E-state index contributed by atoms with van der Waals surface area (Å²) in [7, 11) is 1.62. The maximum Gasteiger partial charge on any atom is 0.174 e. The lowest BCUT2D eigenvalue weighted by atomic mass is 10.2. The first kappa shape index (κ1) is 16.6. The lowest BCUT2D eigenvalue weighted by Crippen LogP contribution is -2.08. The molecule has 5 heteroatoms. The van der Waals surface area contributed by atoms with Gasteiger partial charge in [-0.1, -0.05) is 0 Å². The van der Waals surface area contributed by atoms with Crippen molar-refractivity contribution in [1.29, 1.82) is 0 Å². The smallest absolute Gasteiger partial charge is 0.174 e. The molecule has 0 aliphatic carbocycles. The maximum absolute atomic E-state index is 9.27. The zero-order chi connectivity index (χ0) is 16.1. The van der Waals surface area contributed by atoms with Crippen molar-refractivity contribution in [2.45, 2.75) is 20.0 Å². The van der Waals surface area contributed by atoms with Gasteiger partial charge in [-0.05, 0) is 78.4 Å². The largest absolute Gasteiger partial charge is 0.508 e. The van der Waals surface area contributed by atoms with E-state index in [9.17, 15) is 5.11 Å². The fourth-order valence-electron chi connectivity index (χ4n) is 1.85. The first-order valence-electron chi connectivity index (χ1n) is 6.87. The minimum atomic E-state index is 0.0823. The van der Waals surface area contributed by atoms with Crippen LogP contribution in [0.2, 0.25) is 0 Å². The predicted octanol–water partition coefficient (Wildman–Crippen LogP) is 4.54. The second-order valence-electron chi connectivity index (χ2n) is 4.98. The quantitative estimate of drug-likeness (QED) is 0.581. The number of ether oxygens (including phenoxy) is 2. The molecule has 0 atom stereocenters. The molecule has 0 unspecified atom stereocenters. The summed E-state index contributed by atoms with van der Waals surface area (Å²) in [5, 5.41) is 9.27. The topological polar surface area (TPSA) is 51.0 Å². The van der Waals surface area contributed by atoms with Gasteiger partial charge in [-0.2, -0.15) is 0 Å². The van der Waals surface area contributed by atoms with Gasteiger partial charge in [0.05, 0.1) is 22.5 Å². The highest BCUT2D eigenvalue weighted by Crippen LogP contribution is 2.34. The van der Waals surface area contributed by atoms with Gasteiger partial charge in [-0.15, -0.1) is 0 Å². The van der Waals surface area contributed by atoms with Crippen LogP contribution in [0.1, 0.15) is 19.4 Å². The van der Waals surface area contributed by atoms with E-state index >= 15 is 0 Å². The van der Waals surface area contributed by atoms with Crippen LogP contribution in [0, 0.1) is 3.57 Å². The van der Waals surface area contributed by atoms with Crippen molar-refractivity contribution in [3.63, 3.8) is 0 Å². The number of aliphatic imine (C=N–C) groups is 1. The van der Waals surface area contributed by atoms with E-state index in [2.05, 4.69) is 27.6 Å². The van der Waals surface area contributed by atoms with Crippen molar-refractivity contribution in [2.24, 2.45) is 4.99 Å². The molecule has 2 rings (SSSR count). The van der Waals surface area contributed by atoms with E-state index in [1.165, 1.54) is 0 Å². The van der Waals surface area contributed by atoms with Gasteiger partial charge < -0.3 is 14.6 Å². The van der Waals surface area contributed by atoms with Crippen molar-refractivity contribution in [1.82, 2.24) is 0 Å². The molecule has 0 heterocycles. The number of halogens is 1. The van der Waals surface area contributed by atoms with Gasteiger partial charge in [0.2, 0.25) is 0 Å². The SMILES string of the molecule is COc1cc(C=Nc2ccc(O)cc2)cc(I)c1OC(C)C. The lowest BCUT2D eigenvalue weighted by Gasteiger charge is -2.15. The van der Waals surface area contributed by atoms with Gasteiger partial charge in [-0.3, -0.25) is 4.99 Å². The number of benzene rings is 2. The third-order valence-electron chi connectivity index (χ3n) is 2.82. The molecular formula is C17H18INO3. The average molecular weight is 411 g/mol. The summed E-state index contributed by atoms with van der Waals surface area (Å²) < 4.78 is 12.2. The Bertz CT molecular complexity index is 666.